The molecule has 126 valence electrons. The average molecular weight is 354 g/mol. The van der Waals surface area contributed by atoms with Gasteiger partial charge < -0.3 is 10.1 Å². The minimum Gasteiger partial charge on any atom is -0.482 e. The third-order valence-corrected chi connectivity index (χ3v) is 5.29. The second-order valence-corrected chi connectivity index (χ2v) is 7.31. The summed E-state index contributed by atoms with van der Waals surface area (Å²) >= 11 is 0. The van der Waals surface area contributed by atoms with Gasteiger partial charge in [-0.2, -0.15) is 0 Å². The fraction of sp³-hybridized carbons (Fsp3) is 0.0556. The SMILES string of the molecule is O=C1COc2ccc(S(=O)(=O)Nc3cccc4ccccc34)cc2N1. The van der Waals surface area contributed by atoms with Gasteiger partial charge in [0.1, 0.15) is 5.75 Å². The lowest BCUT2D eigenvalue weighted by Gasteiger charge is -2.19. The highest BCUT2D eigenvalue weighted by atomic mass is 32.2. The van der Waals surface area contributed by atoms with Gasteiger partial charge >= 0.3 is 0 Å². The number of sulfonamides is 1. The highest BCUT2D eigenvalue weighted by molar-refractivity contribution is 7.92. The number of benzene rings is 3. The Morgan fingerprint density at radius 2 is 1.80 bits per heavy atom. The van der Waals surface area contributed by atoms with Crippen LogP contribution in [0.1, 0.15) is 0 Å². The Bertz CT molecular complexity index is 1090. The third-order valence-electron chi connectivity index (χ3n) is 3.93. The number of nitrogens with one attached hydrogen (secondary N) is 2. The zero-order valence-corrected chi connectivity index (χ0v) is 13.8. The van der Waals surface area contributed by atoms with Crippen molar-refractivity contribution in [3.05, 3.63) is 60.7 Å². The van der Waals surface area contributed by atoms with E-state index < -0.39 is 10.0 Å². The molecule has 0 aliphatic carbocycles. The largest absolute Gasteiger partial charge is 0.482 e. The standard InChI is InChI=1S/C18H14N2O4S/c21-18-11-24-17-9-8-13(10-16(17)19-18)25(22,23)20-15-7-3-5-12-4-1-2-6-14(12)15/h1-10,20H,11H2,(H,19,21). The Morgan fingerprint density at radius 3 is 2.68 bits per heavy atom. The van der Waals surface area contributed by atoms with Crippen molar-refractivity contribution >= 4 is 38.1 Å². The molecular weight excluding hydrogens is 340 g/mol. The van der Waals surface area contributed by atoms with Crippen LogP contribution in [0.15, 0.2) is 65.6 Å². The van der Waals surface area contributed by atoms with E-state index in [1.165, 1.54) is 18.2 Å². The van der Waals surface area contributed by atoms with E-state index >= 15 is 0 Å². The minimum absolute atomic E-state index is 0.0463. The molecule has 4 rings (SSSR count). The molecule has 0 saturated heterocycles. The summed E-state index contributed by atoms with van der Waals surface area (Å²) in [6.45, 7) is -0.0760. The van der Waals surface area contributed by atoms with Crippen molar-refractivity contribution in [3.8, 4) is 5.75 Å². The number of fused-ring (bicyclic) bond motifs is 2. The molecule has 0 aromatic heterocycles. The zero-order chi connectivity index (χ0) is 17.4. The van der Waals surface area contributed by atoms with E-state index in [-0.39, 0.29) is 17.4 Å². The summed E-state index contributed by atoms with van der Waals surface area (Å²) in [6, 6.07) is 17.3. The molecule has 1 heterocycles. The number of carbonyl (C=O) groups is 1. The molecule has 0 radical (unpaired) electrons. The summed E-state index contributed by atoms with van der Waals surface area (Å²) in [5.41, 5.74) is 0.841. The van der Waals surface area contributed by atoms with E-state index in [1.807, 2.05) is 30.3 Å². The number of carbonyl (C=O) groups excluding carboxylic acids is 1. The van der Waals surface area contributed by atoms with Gasteiger partial charge in [0.2, 0.25) is 0 Å². The van der Waals surface area contributed by atoms with Gasteiger partial charge in [0.25, 0.3) is 15.9 Å². The number of ether oxygens (including phenoxy) is 1. The molecule has 7 heteroatoms. The summed E-state index contributed by atoms with van der Waals surface area (Å²) in [5, 5.41) is 4.36. The highest BCUT2D eigenvalue weighted by Gasteiger charge is 2.21. The van der Waals surface area contributed by atoms with Gasteiger partial charge in [0, 0.05) is 5.39 Å². The van der Waals surface area contributed by atoms with Crippen molar-refractivity contribution in [2.24, 2.45) is 0 Å². The van der Waals surface area contributed by atoms with Crippen LogP contribution < -0.4 is 14.8 Å². The molecule has 1 aliphatic rings. The van der Waals surface area contributed by atoms with Gasteiger partial charge in [-0.1, -0.05) is 36.4 Å². The second kappa shape index (κ2) is 5.78. The van der Waals surface area contributed by atoms with Crippen molar-refractivity contribution in [2.75, 3.05) is 16.6 Å². The number of amides is 1. The summed E-state index contributed by atoms with van der Waals surface area (Å²) in [7, 11) is -3.81. The monoisotopic (exact) mass is 354 g/mol. The molecule has 0 saturated carbocycles. The molecule has 1 amide bonds. The van der Waals surface area contributed by atoms with Crippen molar-refractivity contribution in [1.82, 2.24) is 0 Å². The topological polar surface area (TPSA) is 84.5 Å². The fourth-order valence-corrected chi connectivity index (χ4v) is 3.85. The minimum atomic E-state index is -3.81. The van der Waals surface area contributed by atoms with Crippen molar-refractivity contribution in [2.45, 2.75) is 4.90 Å². The molecule has 25 heavy (non-hydrogen) atoms. The van der Waals surface area contributed by atoms with E-state index in [9.17, 15) is 13.2 Å². The number of hydrogen-bond donors (Lipinski definition) is 2. The fourth-order valence-electron chi connectivity index (χ4n) is 2.75. The molecule has 0 atom stereocenters. The molecule has 0 fully saturated rings. The predicted octanol–water partition coefficient (Wildman–Crippen LogP) is 2.97. The van der Waals surface area contributed by atoms with Crippen molar-refractivity contribution < 1.29 is 17.9 Å². The van der Waals surface area contributed by atoms with E-state index in [1.54, 1.807) is 12.1 Å². The first-order valence-electron chi connectivity index (χ1n) is 7.60. The maximum atomic E-state index is 12.7. The smallest absolute Gasteiger partial charge is 0.262 e. The Labute approximate surface area is 144 Å². The number of rotatable bonds is 3. The normalized spacial score (nSPS) is 13.7. The van der Waals surface area contributed by atoms with Crippen LogP contribution in [0, 0.1) is 0 Å². The van der Waals surface area contributed by atoms with Gasteiger partial charge in [0.05, 0.1) is 16.3 Å². The molecule has 0 spiro atoms. The molecule has 3 aromatic rings. The maximum Gasteiger partial charge on any atom is 0.262 e. The molecular formula is C18H14N2O4S. The van der Waals surface area contributed by atoms with E-state index in [0.29, 0.717) is 17.1 Å². The molecule has 2 N–H and O–H groups in total. The third kappa shape index (κ3) is 2.89. The van der Waals surface area contributed by atoms with E-state index in [4.69, 9.17) is 4.74 Å². The van der Waals surface area contributed by atoms with E-state index in [0.717, 1.165) is 10.8 Å². The average Bonchev–Trinajstić information content (AvgIpc) is 2.61. The lowest BCUT2D eigenvalue weighted by atomic mass is 10.1. The summed E-state index contributed by atoms with van der Waals surface area (Å²) in [4.78, 5) is 11.5. The Balaban J connectivity index is 1.72. The molecule has 1 aliphatic heterocycles. The van der Waals surface area contributed by atoms with Crippen LogP contribution in [0.5, 0.6) is 5.75 Å². The van der Waals surface area contributed by atoms with Gasteiger partial charge in [-0.25, -0.2) is 8.42 Å². The van der Waals surface area contributed by atoms with Crippen molar-refractivity contribution in [3.63, 3.8) is 0 Å². The first-order valence-corrected chi connectivity index (χ1v) is 9.08. The Morgan fingerprint density at radius 1 is 1.00 bits per heavy atom. The second-order valence-electron chi connectivity index (χ2n) is 5.63. The van der Waals surface area contributed by atoms with Crippen LogP contribution in [0.4, 0.5) is 11.4 Å². The summed E-state index contributed by atoms with van der Waals surface area (Å²) in [5.74, 6) is 0.132. The number of hydrogen-bond acceptors (Lipinski definition) is 4. The Hall–Kier alpha value is -3.06. The van der Waals surface area contributed by atoms with Gasteiger partial charge in [-0.3, -0.25) is 9.52 Å². The molecule has 0 unspecified atom stereocenters. The van der Waals surface area contributed by atoms with Gasteiger partial charge in [-0.05, 0) is 29.7 Å². The molecule has 6 nitrogen and oxygen atoms in total. The lowest BCUT2D eigenvalue weighted by molar-refractivity contribution is -0.118. The van der Waals surface area contributed by atoms with Crippen molar-refractivity contribution in [1.29, 1.82) is 0 Å². The summed E-state index contributed by atoms with van der Waals surface area (Å²) < 4.78 is 33.4. The Kier molecular flexibility index (Phi) is 3.58. The first kappa shape index (κ1) is 15.5. The first-order chi connectivity index (χ1) is 12.0. The van der Waals surface area contributed by atoms with Crippen LogP contribution in [0.3, 0.4) is 0 Å². The van der Waals surface area contributed by atoms with Gasteiger partial charge in [0.15, 0.2) is 6.61 Å². The van der Waals surface area contributed by atoms with Gasteiger partial charge in [-0.15, -0.1) is 0 Å². The maximum absolute atomic E-state index is 12.7. The lowest BCUT2D eigenvalue weighted by Crippen LogP contribution is -2.25. The van der Waals surface area contributed by atoms with Crippen LogP contribution >= 0.6 is 0 Å². The summed E-state index contributed by atoms with van der Waals surface area (Å²) in [6.07, 6.45) is 0. The van der Waals surface area contributed by atoms with Crippen LogP contribution in [0.2, 0.25) is 0 Å². The van der Waals surface area contributed by atoms with E-state index in [2.05, 4.69) is 10.0 Å². The van der Waals surface area contributed by atoms with Crippen LogP contribution in [-0.4, -0.2) is 20.9 Å². The quantitative estimate of drug-likeness (QED) is 0.757. The number of anilines is 2. The van der Waals surface area contributed by atoms with Crippen LogP contribution in [0.25, 0.3) is 10.8 Å². The molecule has 0 bridgehead atoms. The molecule has 3 aromatic carbocycles. The van der Waals surface area contributed by atoms with Crippen LogP contribution in [-0.2, 0) is 14.8 Å². The predicted molar refractivity (Wildman–Crippen MR) is 95.3 cm³/mol. The zero-order valence-electron chi connectivity index (χ0n) is 13.0. The highest BCUT2D eigenvalue weighted by Crippen LogP contribution is 2.31.